The monoisotopic (exact) mass is 309 g/mol. The molecule has 2 aromatic carbocycles. The van der Waals surface area contributed by atoms with Crippen LogP contribution in [0.15, 0.2) is 42.5 Å². The maximum Gasteiger partial charge on any atom is 0.251 e. The molecule has 2 rings (SSSR count). The fourth-order valence-corrected chi connectivity index (χ4v) is 1.99. The average Bonchev–Trinajstić information content (AvgIpc) is 2.48. The third-order valence-electron chi connectivity index (χ3n) is 2.71. The van der Waals surface area contributed by atoms with Crippen LogP contribution >= 0.6 is 23.2 Å². The van der Waals surface area contributed by atoms with Crippen molar-refractivity contribution in [1.82, 2.24) is 5.32 Å². The third-order valence-corrected chi connectivity index (χ3v) is 3.45. The zero-order chi connectivity index (χ0) is 14.5. The van der Waals surface area contributed by atoms with E-state index in [1.54, 1.807) is 43.4 Å². The van der Waals surface area contributed by atoms with E-state index in [0.29, 0.717) is 28.0 Å². The Morgan fingerprint density at radius 2 is 1.95 bits per heavy atom. The molecule has 0 fully saturated rings. The molecule has 104 valence electrons. The van der Waals surface area contributed by atoms with Crippen LogP contribution in [0.2, 0.25) is 10.0 Å². The van der Waals surface area contributed by atoms with Gasteiger partial charge in [-0.15, -0.1) is 0 Å². The Bertz CT molecular complexity index is 629. The number of halogens is 2. The normalized spacial score (nSPS) is 10.2. The van der Waals surface area contributed by atoms with Crippen molar-refractivity contribution in [2.75, 3.05) is 7.05 Å². The molecule has 2 aromatic rings. The first-order valence-electron chi connectivity index (χ1n) is 5.99. The minimum absolute atomic E-state index is 0.148. The highest BCUT2D eigenvalue weighted by molar-refractivity contribution is 6.42. The minimum Gasteiger partial charge on any atom is -0.489 e. The molecule has 0 saturated heterocycles. The number of carbonyl (C=O) groups is 1. The fourth-order valence-electron chi connectivity index (χ4n) is 1.67. The van der Waals surface area contributed by atoms with Crippen molar-refractivity contribution >= 4 is 29.1 Å². The van der Waals surface area contributed by atoms with E-state index in [1.807, 2.05) is 6.07 Å². The summed E-state index contributed by atoms with van der Waals surface area (Å²) in [5, 5.41) is 3.57. The molecule has 0 radical (unpaired) electrons. The molecule has 0 bridgehead atoms. The van der Waals surface area contributed by atoms with Crippen molar-refractivity contribution in [3.63, 3.8) is 0 Å². The number of ether oxygens (including phenoxy) is 1. The van der Waals surface area contributed by atoms with Gasteiger partial charge in [0.25, 0.3) is 5.91 Å². The molecule has 3 nitrogen and oxygen atoms in total. The SMILES string of the molecule is CNC(=O)c1cccc(OCc2ccc(Cl)c(Cl)c2)c1. The van der Waals surface area contributed by atoms with Gasteiger partial charge < -0.3 is 10.1 Å². The van der Waals surface area contributed by atoms with Crippen molar-refractivity contribution < 1.29 is 9.53 Å². The van der Waals surface area contributed by atoms with Crippen molar-refractivity contribution in [2.45, 2.75) is 6.61 Å². The first-order chi connectivity index (χ1) is 9.60. The molecule has 0 heterocycles. The number of hydrogen-bond donors (Lipinski definition) is 1. The van der Waals surface area contributed by atoms with Crippen LogP contribution in [0.1, 0.15) is 15.9 Å². The summed E-state index contributed by atoms with van der Waals surface area (Å²) in [5.41, 5.74) is 1.46. The number of hydrogen-bond acceptors (Lipinski definition) is 2. The Labute approximate surface area is 127 Å². The van der Waals surface area contributed by atoms with Gasteiger partial charge in [-0.2, -0.15) is 0 Å². The number of nitrogens with one attached hydrogen (secondary N) is 1. The summed E-state index contributed by atoms with van der Waals surface area (Å²) in [4.78, 5) is 11.5. The zero-order valence-electron chi connectivity index (χ0n) is 10.8. The highest BCUT2D eigenvalue weighted by Crippen LogP contribution is 2.23. The highest BCUT2D eigenvalue weighted by atomic mass is 35.5. The van der Waals surface area contributed by atoms with E-state index in [-0.39, 0.29) is 5.91 Å². The molecule has 0 aliphatic heterocycles. The maximum absolute atomic E-state index is 11.5. The molecule has 0 saturated carbocycles. The molecular weight excluding hydrogens is 297 g/mol. The van der Waals surface area contributed by atoms with Crippen LogP contribution in [0.3, 0.4) is 0 Å². The molecule has 0 spiro atoms. The molecule has 1 N–H and O–H groups in total. The topological polar surface area (TPSA) is 38.3 Å². The third kappa shape index (κ3) is 3.65. The molecule has 0 unspecified atom stereocenters. The smallest absolute Gasteiger partial charge is 0.251 e. The van der Waals surface area contributed by atoms with Gasteiger partial charge in [-0.25, -0.2) is 0 Å². The van der Waals surface area contributed by atoms with Crippen LogP contribution in [0, 0.1) is 0 Å². The standard InChI is InChI=1S/C15H13Cl2NO2/c1-18-15(19)11-3-2-4-12(8-11)20-9-10-5-6-13(16)14(17)7-10/h2-8H,9H2,1H3,(H,18,19). The summed E-state index contributed by atoms with van der Waals surface area (Å²) in [6.07, 6.45) is 0. The molecule has 0 aromatic heterocycles. The van der Waals surface area contributed by atoms with Crippen LogP contribution in [-0.2, 0) is 6.61 Å². The highest BCUT2D eigenvalue weighted by Gasteiger charge is 2.05. The van der Waals surface area contributed by atoms with Crippen molar-refractivity contribution in [3.8, 4) is 5.75 Å². The number of carbonyl (C=O) groups excluding carboxylic acids is 1. The molecule has 0 aliphatic rings. The molecule has 1 amide bonds. The summed E-state index contributed by atoms with van der Waals surface area (Å²) >= 11 is 11.8. The van der Waals surface area contributed by atoms with Crippen LogP contribution in [0.5, 0.6) is 5.75 Å². The van der Waals surface area contributed by atoms with E-state index >= 15 is 0 Å². The predicted octanol–water partition coefficient (Wildman–Crippen LogP) is 3.93. The Balaban J connectivity index is 2.07. The molecule has 5 heteroatoms. The fraction of sp³-hybridized carbons (Fsp3) is 0.133. The number of amides is 1. The second-order valence-corrected chi connectivity index (χ2v) is 4.96. The van der Waals surface area contributed by atoms with Gasteiger partial charge >= 0.3 is 0 Å². The summed E-state index contributed by atoms with van der Waals surface area (Å²) in [6, 6.07) is 12.3. The van der Waals surface area contributed by atoms with E-state index in [4.69, 9.17) is 27.9 Å². The van der Waals surface area contributed by atoms with Crippen molar-refractivity contribution in [3.05, 3.63) is 63.6 Å². The predicted molar refractivity (Wildman–Crippen MR) is 80.6 cm³/mol. The summed E-state index contributed by atoms with van der Waals surface area (Å²) in [7, 11) is 1.59. The zero-order valence-corrected chi connectivity index (χ0v) is 12.3. The first kappa shape index (κ1) is 14.7. The summed E-state index contributed by atoms with van der Waals surface area (Å²) in [5.74, 6) is 0.474. The lowest BCUT2D eigenvalue weighted by atomic mass is 10.2. The second kappa shape index (κ2) is 6.64. The quantitative estimate of drug-likeness (QED) is 0.929. The molecule has 0 aliphatic carbocycles. The van der Waals surface area contributed by atoms with E-state index in [9.17, 15) is 4.79 Å². The van der Waals surface area contributed by atoms with Crippen LogP contribution in [0.4, 0.5) is 0 Å². The van der Waals surface area contributed by atoms with E-state index < -0.39 is 0 Å². The summed E-state index contributed by atoms with van der Waals surface area (Å²) < 4.78 is 5.64. The van der Waals surface area contributed by atoms with Gasteiger partial charge in [-0.3, -0.25) is 4.79 Å². The van der Waals surface area contributed by atoms with Crippen LogP contribution < -0.4 is 10.1 Å². The molecule has 0 atom stereocenters. The number of rotatable bonds is 4. The van der Waals surface area contributed by atoms with Gasteiger partial charge in [-0.1, -0.05) is 35.3 Å². The first-order valence-corrected chi connectivity index (χ1v) is 6.74. The van der Waals surface area contributed by atoms with Crippen LogP contribution in [0.25, 0.3) is 0 Å². The number of benzene rings is 2. The molecule has 20 heavy (non-hydrogen) atoms. The van der Waals surface area contributed by atoms with E-state index in [0.717, 1.165) is 5.56 Å². The van der Waals surface area contributed by atoms with Gasteiger partial charge in [0.1, 0.15) is 12.4 Å². The lowest BCUT2D eigenvalue weighted by molar-refractivity contribution is 0.0962. The minimum atomic E-state index is -0.148. The van der Waals surface area contributed by atoms with Gasteiger partial charge in [-0.05, 0) is 35.9 Å². The maximum atomic E-state index is 11.5. The van der Waals surface area contributed by atoms with E-state index in [1.165, 1.54) is 0 Å². The van der Waals surface area contributed by atoms with Crippen molar-refractivity contribution in [2.24, 2.45) is 0 Å². The largest absolute Gasteiger partial charge is 0.489 e. The van der Waals surface area contributed by atoms with Gasteiger partial charge in [0.15, 0.2) is 0 Å². The van der Waals surface area contributed by atoms with Gasteiger partial charge in [0, 0.05) is 12.6 Å². The van der Waals surface area contributed by atoms with Crippen LogP contribution in [-0.4, -0.2) is 13.0 Å². The Morgan fingerprint density at radius 1 is 1.15 bits per heavy atom. The molecular formula is C15H13Cl2NO2. The Hall–Kier alpha value is -1.71. The lowest BCUT2D eigenvalue weighted by Gasteiger charge is -2.08. The summed E-state index contributed by atoms with van der Waals surface area (Å²) in [6.45, 7) is 0.355. The van der Waals surface area contributed by atoms with Gasteiger partial charge in [0.05, 0.1) is 10.0 Å². The van der Waals surface area contributed by atoms with Gasteiger partial charge in [0.2, 0.25) is 0 Å². The Morgan fingerprint density at radius 3 is 2.65 bits per heavy atom. The average molecular weight is 310 g/mol. The second-order valence-electron chi connectivity index (χ2n) is 4.14. The lowest BCUT2D eigenvalue weighted by Crippen LogP contribution is -2.17. The van der Waals surface area contributed by atoms with Crippen molar-refractivity contribution in [1.29, 1.82) is 0 Å². The van der Waals surface area contributed by atoms with E-state index in [2.05, 4.69) is 5.32 Å². The Kier molecular flexibility index (Phi) is 4.88.